The molecule has 2 aliphatic rings. The van der Waals surface area contributed by atoms with E-state index in [1.807, 2.05) is 47.8 Å². The van der Waals surface area contributed by atoms with Crippen molar-refractivity contribution < 1.29 is 24.2 Å². The fourth-order valence-corrected chi connectivity index (χ4v) is 5.44. The molecular weight excluding hydrogens is 494 g/mol. The number of aliphatic imine (C=N–C) groups is 1. The smallest absolute Gasteiger partial charge is 0.437 e. The predicted octanol–water partition coefficient (Wildman–Crippen LogP) is 2.22. The van der Waals surface area contributed by atoms with E-state index in [4.69, 9.17) is 10.5 Å². The molecule has 0 radical (unpaired) electrons. The van der Waals surface area contributed by atoms with Gasteiger partial charge < -0.3 is 30.7 Å². The summed E-state index contributed by atoms with van der Waals surface area (Å²) >= 11 is 1.61. The number of piperidine rings is 1. The highest BCUT2D eigenvalue weighted by Crippen LogP contribution is 2.22. The number of hydrogen-bond donors (Lipinski definition) is 3. The van der Waals surface area contributed by atoms with Crippen molar-refractivity contribution in [3.8, 4) is 0 Å². The number of aliphatic hydroxyl groups is 1. The van der Waals surface area contributed by atoms with E-state index in [9.17, 15) is 19.5 Å². The molecular formula is C26H33N5O5S. The molecule has 2 aromatic rings. The van der Waals surface area contributed by atoms with Crippen molar-refractivity contribution in [3.63, 3.8) is 0 Å². The van der Waals surface area contributed by atoms with Crippen LogP contribution in [0.25, 0.3) is 0 Å². The first kappa shape index (κ1) is 26.6. The highest BCUT2D eigenvalue weighted by molar-refractivity contribution is 7.09. The average Bonchev–Trinajstić information content (AvgIpc) is 3.60. The summed E-state index contributed by atoms with van der Waals surface area (Å²) in [5, 5.41) is 15.8. The maximum Gasteiger partial charge on any atom is 0.437 e. The van der Waals surface area contributed by atoms with Crippen LogP contribution in [0.3, 0.4) is 0 Å². The van der Waals surface area contributed by atoms with Crippen molar-refractivity contribution in [2.45, 2.75) is 63.4 Å². The quantitative estimate of drug-likeness (QED) is 0.371. The van der Waals surface area contributed by atoms with Crippen molar-refractivity contribution in [1.29, 1.82) is 0 Å². The van der Waals surface area contributed by atoms with E-state index in [1.54, 1.807) is 16.2 Å². The Morgan fingerprint density at radius 3 is 2.59 bits per heavy atom. The van der Waals surface area contributed by atoms with E-state index in [0.29, 0.717) is 45.2 Å². The lowest BCUT2D eigenvalue weighted by Crippen LogP contribution is -2.60. The fourth-order valence-electron chi connectivity index (χ4n) is 4.73. The molecule has 11 heteroatoms. The molecule has 2 aliphatic heterocycles. The number of guanidine groups is 1. The number of nitrogens with two attached hydrogens (primary N) is 1. The topological polar surface area (TPSA) is 138 Å². The van der Waals surface area contributed by atoms with E-state index < -0.39 is 24.4 Å². The molecule has 4 N–H and O–H groups in total. The number of ether oxygens (including phenoxy) is 1. The molecule has 1 aromatic heterocycles. The van der Waals surface area contributed by atoms with Gasteiger partial charge in [-0.05, 0) is 49.1 Å². The summed E-state index contributed by atoms with van der Waals surface area (Å²) in [4.78, 5) is 46.0. The SMILES string of the molecule is N/C(=N\C(=O)OCc1ccccc1)N1CCC[C@H](NC(=O)[C@@H]2CCCN2C(=O)CCc2cccs2)C1O. The van der Waals surface area contributed by atoms with Crippen LogP contribution in [0.2, 0.25) is 0 Å². The second kappa shape index (κ2) is 12.7. The number of thiophene rings is 1. The van der Waals surface area contributed by atoms with Crippen LogP contribution in [0.1, 0.15) is 42.5 Å². The number of rotatable bonds is 7. The second-order valence-electron chi connectivity index (χ2n) is 9.20. The Kier molecular flexibility index (Phi) is 9.13. The van der Waals surface area contributed by atoms with Gasteiger partial charge in [-0.15, -0.1) is 16.3 Å². The molecule has 0 spiro atoms. The number of nitrogens with zero attached hydrogens (tertiary/aromatic N) is 3. The lowest BCUT2D eigenvalue weighted by Gasteiger charge is -2.39. The van der Waals surface area contributed by atoms with E-state index in [-0.39, 0.29) is 24.4 Å². The zero-order valence-corrected chi connectivity index (χ0v) is 21.4. The number of amides is 3. The molecule has 0 bridgehead atoms. The molecule has 3 amide bonds. The highest BCUT2D eigenvalue weighted by atomic mass is 32.1. The summed E-state index contributed by atoms with van der Waals surface area (Å²) in [6.07, 6.45) is 1.50. The molecule has 2 fully saturated rings. The van der Waals surface area contributed by atoms with Crippen LogP contribution >= 0.6 is 11.3 Å². The van der Waals surface area contributed by atoms with Crippen LogP contribution < -0.4 is 11.1 Å². The third-order valence-corrected chi connectivity index (χ3v) is 7.60. The Morgan fingerprint density at radius 2 is 1.84 bits per heavy atom. The summed E-state index contributed by atoms with van der Waals surface area (Å²) in [7, 11) is 0. The number of benzene rings is 1. The number of aryl methyl sites for hydroxylation is 1. The number of nitrogens with one attached hydrogen (secondary N) is 1. The van der Waals surface area contributed by atoms with Gasteiger partial charge in [0.25, 0.3) is 0 Å². The molecule has 10 nitrogen and oxygen atoms in total. The molecule has 1 unspecified atom stereocenters. The first-order chi connectivity index (χ1) is 17.9. The van der Waals surface area contributed by atoms with E-state index in [0.717, 1.165) is 16.9 Å². The molecule has 3 atom stereocenters. The van der Waals surface area contributed by atoms with Crippen LogP contribution in [0, 0.1) is 0 Å². The van der Waals surface area contributed by atoms with Crippen LogP contribution in [-0.4, -0.2) is 70.2 Å². The molecule has 3 heterocycles. The first-order valence-electron chi connectivity index (χ1n) is 12.5. The third kappa shape index (κ3) is 7.07. The van der Waals surface area contributed by atoms with Gasteiger partial charge in [-0.2, -0.15) is 0 Å². The maximum atomic E-state index is 13.1. The molecule has 198 valence electrons. The van der Waals surface area contributed by atoms with Crippen molar-refractivity contribution in [2.24, 2.45) is 10.7 Å². The molecule has 0 aliphatic carbocycles. The fraction of sp³-hybridized carbons (Fsp3) is 0.462. The van der Waals surface area contributed by atoms with Crippen molar-refractivity contribution in [1.82, 2.24) is 15.1 Å². The van der Waals surface area contributed by atoms with Gasteiger partial charge in [0.05, 0.1) is 6.04 Å². The van der Waals surface area contributed by atoms with Crippen molar-refractivity contribution in [2.75, 3.05) is 13.1 Å². The Hall–Kier alpha value is -3.44. The molecule has 1 aromatic carbocycles. The standard InChI is InChI=1S/C26H33N5O5S/c27-25(29-26(35)36-17-18-7-2-1-3-8-18)31-15-4-10-20(24(31)34)28-23(33)21-11-5-14-30(21)22(32)13-12-19-9-6-16-37-19/h1-3,6-9,16,20-21,24,34H,4-5,10-15,17H2,(H,28,33)(H2,27,29,35)/t20-,21-,24?/m0/s1. The van der Waals surface area contributed by atoms with Gasteiger partial charge in [-0.1, -0.05) is 36.4 Å². The number of carbonyl (C=O) groups excluding carboxylic acids is 3. The Morgan fingerprint density at radius 1 is 1.08 bits per heavy atom. The van der Waals surface area contributed by atoms with E-state index in [2.05, 4.69) is 10.3 Å². The monoisotopic (exact) mass is 527 g/mol. The maximum absolute atomic E-state index is 13.1. The van der Waals surface area contributed by atoms with Crippen LogP contribution in [0.15, 0.2) is 52.8 Å². The molecule has 2 saturated heterocycles. The zero-order valence-electron chi connectivity index (χ0n) is 20.6. The average molecular weight is 528 g/mol. The molecule has 4 rings (SSSR count). The summed E-state index contributed by atoms with van der Waals surface area (Å²) in [5.41, 5.74) is 6.83. The van der Waals surface area contributed by atoms with Crippen LogP contribution in [-0.2, 0) is 27.4 Å². The third-order valence-electron chi connectivity index (χ3n) is 6.67. The van der Waals surface area contributed by atoms with Crippen molar-refractivity contribution in [3.05, 3.63) is 58.3 Å². The number of carbonyl (C=O) groups is 3. The van der Waals surface area contributed by atoms with E-state index in [1.165, 1.54) is 4.90 Å². The number of hydrogen-bond acceptors (Lipinski definition) is 6. The van der Waals surface area contributed by atoms with Crippen LogP contribution in [0.4, 0.5) is 4.79 Å². The number of aliphatic hydroxyl groups excluding tert-OH is 1. The Bertz CT molecular complexity index is 1090. The zero-order chi connectivity index (χ0) is 26.2. The van der Waals surface area contributed by atoms with Gasteiger partial charge in [-0.25, -0.2) is 4.79 Å². The largest absolute Gasteiger partial charge is 0.443 e. The lowest BCUT2D eigenvalue weighted by molar-refractivity contribution is -0.139. The molecule has 0 saturated carbocycles. The minimum atomic E-state index is -1.16. The summed E-state index contributed by atoms with van der Waals surface area (Å²) in [6, 6.07) is 12.0. The van der Waals surface area contributed by atoms with Gasteiger partial charge in [0.1, 0.15) is 18.9 Å². The van der Waals surface area contributed by atoms with Crippen molar-refractivity contribution >= 4 is 35.2 Å². The van der Waals surface area contributed by atoms with Crippen LogP contribution in [0.5, 0.6) is 0 Å². The molecule has 37 heavy (non-hydrogen) atoms. The Labute approximate surface area is 220 Å². The lowest BCUT2D eigenvalue weighted by atomic mass is 10.0. The highest BCUT2D eigenvalue weighted by Gasteiger charge is 2.38. The van der Waals surface area contributed by atoms with Gasteiger partial charge in [0.15, 0.2) is 0 Å². The Balaban J connectivity index is 1.30. The second-order valence-corrected chi connectivity index (χ2v) is 10.2. The summed E-state index contributed by atoms with van der Waals surface area (Å²) in [6.45, 7) is 0.985. The van der Waals surface area contributed by atoms with Gasteiger partial charge in [-0.3, -0.25) is 9.59 Å². The minimum absolute atomic E-state index is 0.0396. The summed E-state index contributed by atoms with van der Waals surface area (Å²) in [5.74, 6) is -0.497. The summed E-state index contributed by atoms with van der Waals surface area (Å²) < 4.78 is 5.14. The van der Waals surface area contributed by atoms with Gasteiger partial charge >= 0.3 is 6.09 Å². The minimum Gasteiger partial charge on any atom is -0.443 e. The normalized spacial score (nSPS) is 22.1. The van der Waals surface area contributed by atoms with Gasteiger partial charge in [0, 0.05) is 24.4 Å². The predicted molar refractivity (Wildman–Crippen MR) is 140 cm³/mol. The first-order valence-corrected chi connectivity index (χ1v) is 13.4. The number of likely N-dealkylation sites (tertiary alicyclic amines) is 2. The van der Waals surface area contributed by atoms with Gasteiger partial charge in [0.2, 0.25) is 17.8 Å². The van der Waals surface area contributed by atoms with E-state index >= 15 is 0 Å².